The van der Waals surface area contributed by atoms with Gasteiger partial charge < -0.3 is 31.9 Å². The van der Waals surface area contributed by atoms with Crippen LogP contribution >= 0.6 is 0 Å². The minimum atomic E-state index is -0.502. The average Bonchev–Trinajstić information content (AvgIpc) is 3.69. The Kier molecular flexibility index (Phi) is 6.84. The summed E-state index contributed by atoms with van der Waals surface area (Å²) in [7, 11) is 0. The van der Waals surface area contributed by atoms with Gasteiger partial charge in [0.1, 0.15) is 33.8 Å². The zero-order valence-corrected chi connectivity index (χ0v) is 26.2. The fraction of sp³-hybridized carbons (Fsp3) is 0.278. The van der Waals surface area contributed by atoms with Crippen LogP contribution in [0.1, 0.15) is 38.8 Å². The van der Waals surface area contributed by atoms with Crippen LogP contribution in [0.5, 0.6) is 0 Å². The summed E-state index contributed by atoms with van der Waals surface area (Å²) in [6.45, 7) is 15.5. The molecule has 0 fully saturated rings. The minimum absolute atomic E-state index is 0.315. The van der Waals surface area contributed by atoms with Gasteiger partial charge in [-0.3, -0.25) is 0 Å². The summed E-state index contributed by atoms with van der Waals surface area (Å²) in [5, 5.41) is 1.64. The van der Waals surface area contributed by atoms with E-state index in [4.69, 9.17) is 22.1 Å². The second-order valence-electron chi connectivity index (χ2n) is 11.2. The van der Waals surface area contributed by atoms with E-state index in [9.17, 15) is 9.59 Å². The van der Waals surface area contributed by atoms with Crippen LogP contribution in [0.25, 0.3) is 66.9 Å². The average molecular weight is 607 g/mol. The summed E-state index contributed by atoms with van der Waals surface area (Å²) in [5.74, 6) is 0.630. The third-order valence-electron chi connectivity index (χ3n) is 8.87. The van der Waals surface area contributed by atoms with Crippen molar-refractivity contribution in [2.75, 3.05) is 36.0 Å². The molecule has 0 saturated heterocycles. The SMILES string of the molecule is CCN(CC)c1ccc2c(C)c(-c3cc4oc5cc(-c6c(C)c7ccc(N(CC)CC)cc7oc6=O)oc5c4o3)c(=O)oc2c1. The third kappa shape index (κ3) is 4.44. The van der Waals surface area contributed by atoms with Crippen molar-refractivity contribution in [2.45, 2.75) is 41.5 Å². The van der Waals surface area contributed by atoms with Crippen LogP contribution in [0, 0.1) is 13.8 Å². The Hall–Kier alpha value is -5.18. The van der Waals surface area contributed by atoms with Crippen LogP contribution in [0.2, 0.25) is 0 Å². The van der Waals surface area contributed by atoms with Crippen LogP contribution < -0.4 is 21.1 Å². The van der Waals surface area contributed by atoms with E-state index in [-0.39, 0.29) is 0 Å². The molecule has 0 aliphatic rings. The maximum absolute atomic E-state index is 13.3. The molecule has 0 saturated carbocycles. The highest BCUT2D eigenvalue weighted by Gasteiger charge is 2.25. The van der Waals surface area contributed by atoms with Crippen LogP contribution in [0.15, 0.2) is 80.2 Å². The highest BCUT2D eigenvalue weighted by molar-refractivity contribution is 6.01. The Bertz CT molecular complexity index is 2190. The molecule has 45 heavy (non-hydrogen) atoms. The molecular formula is C36H34N2O7. The molecule has 7 aromatic rings. The predicted molar refractivity (Wildman–Crippen MR) is 178 cm³/mol. The van der Waals surface area contributed by atoms with Crippen molar-refractivity contribution >= 4 is 55.6 Å². The maximum atomic E-state index is 13.3. The largest absolute Gasteiger partial charge is 0.449 e. The van der Waals surface area contributed by atoms with Gasteiger partial charge in [-0.2, -0.15) is 0 Å². The van der Waals surface area contributed by atoms with Gasteiger partial charge in [0.2, 0.25) is 11.2 Å². The molecule has 0 N–H and O–H groups in total. The summed E-state index contributed by atoms with van der Waals surface area (Å²) in [6, 6.07) is 15.1. The van der Waals surface area contributed by atoms with E-state index in [0.29, 0.717) is 56.1 Å². The molecule has 9 nitrogen and oxygen atoms in total. The summed E-state index contributed by atoms with van der Waals surface area (Å²) >= 11 is 0. The molecule has 0 unspecified atom stereocenters. The molecule has 0 amide bonds. The fourth-order valence-electron chi connectivity index (χ4n) is 6.41. The lowest BCUT2D eigenvalue weighted by Gasteiger charge is -2.21. The predicted octanol–water partition coefficient (Wildman–Crippen LogP) is 8.63. The van der Waals surface area contributed by atoms with Gasteiger partial charge in [0.25, 0.3) is 0 Å². The number of furan rings is 3. The van der Waals surface area contributed by atoms with Crippen LogP contribution in [-0.4, -0.2) is 26.2 Å². The van der Waals surface area contributed by atoms with Gasteiger partial charge in [-0.15, -0.1) is 0 Å². The first-order valence-electron chi connectivity index (χ1n) is 15.4. The van der Waals surface area contributed by atoms with Crippen LogP contribution in [-0.2, 0) is 0 Å². The van der Waals surface area contributed by atoms with Crippen LogP contribution in [0.4, 0.5) is 11.4 Å². The Morgan fingerprint density at radius 1 is 0.511 bits per heavy atom. The molecule has 9 heteroatoms. The van der Waals surface area contributed by atoms with Crippen molar-refractivity contribution in [3.05, 3.63) is 80.5 Å². The van der Waals surface area contributed by atoms with Gasteiger partial charge in [-0.25, -0.2) is 9.59 Å². The van der Waals surface area contributed by atoms with E-state index in [1.54, 1.807) is 12.1 Å². The molecule has 0 aliphatic carbocycles. The van der Waals surface area contributed by atoms with Gasteiger partial charge in [0.15, 0.2) is 11.2 Å². The Labute approximate surface area is 258 Å². The number of hydrogen-bond acceptors (Lipinski definition) is 9. The lowest BCUT2D eigenvalue weighted by Crippen LogP contribution is -2.21. The topological polar surface area (TPSA) is 106 Å². The van der Waals surface area contributed by atoms with Gasteiger partial charge in [-0.05, 0) is 76.9 Å². The molecule has 7 rings (SSSR count). The van der Waals surface area contributed by atoms with E-state index >= 15 is 0 Å². The standard InChI is InChI=1S/C36H34N2O7/c1-7-37(8-2)21-11-13-23-19(5)31(35(39)44-25(23)15-21)27-17-29-33(42-27)34-30(41-29)18-28(43-34)32-20(6)24-14-12-22(38(9-3)10-4)16-26(24)45-36(32)40/h11-18H,7-10H2,1-6H3. The Morgan fingerprint density at radius 3 is 1.29 bits per heavy atom. The quantitative estimate of drug-likeness (QED) is 0.157. The molecular weight excluding hydrogens is 572 g/mol. The van der Waals surface area contributed by atoms with E-state index in [1.165, 1.54) is 0 Å². The van der Waals surface area contributed by atoms with Crippen LogP contribution in [0.3, 0.4) is 0 Å². The van der Waals surface area contributed by atoms with Crippen molar-refractivity contribution in [1.82, 2.24) is 0 Å². The number of rotatable bonds is 8. The van der Waals surface area contributed by atoms with E-state index in [0.717, 1.165) is 59.5 Å². The maximum Gasteiger partial charge on any atom is 0.347 e. The molecule has 230 valence electrons. The minimum Gasteiger partial charge on any atom is -0.449 e. The second-order valence-corrected chi connectivity index (χ2v) is 11.2. The van der Waals surface area contributed by atoms with E-state index in [1.807, 2.05) is 50.2 Å². The summed E-state index contributed by atoms with van der Waals surface area (Å²) < 4.78 is 30.0. The summed E-state index contributed by atoms with van der Waals surface area (Å²) in [5.41, 5.74) is 5.68. The molecule has 2 aromatic carbocycles. The smallest absolute Gasteiger partial charge is 0.347 e. The third-order valence-corrected chi connectivity index (χ3v) is 8.87. The second kappa shape index (κ2) is 10.8. The summed E-state index contributed by atoms with van der Waals surface area (Å²) in [6.07, 6.45) is 0. The van der Waals surface area contributed by atoms with E-state index in [2.05, 4.69) is 37.5 Å². The number of aryl methyl sites for hydroxylation is 2. The number of anilines is 2. The molecule has 0 spiro atoms. The monoisotopic (exact) mass is 606 g/mol. The highest BCUT2D eigenvalue weighted by Crippen LogP contribution is 2.40. The Balaban J connectivity index is 1.30. The molecule has 0 atom stereocenters. The summed E-state index contributed by atoms with van der Waals surface area (Å²) in [4.78, 5) is 30.9. The lowest BCUT2D eigenvalue weighted by atomic mass is 10.0. The van der Waals surface area contributed by atoms with Gasteiger partial charge in [-0.1, -0.05) is 0 Å². The first kappa shape index (κ1) is 28.6. The van der Waals surface area contributed by atoms with E-state index < -0.39 is 11.3 Å². The lowest BCUT2D eigenvalue weighted by molar-refractivity contribution is 0.549. The number of fused-ring (bicyclic) bond motifs is 5. The van der Waals surface area contributed by atoms with Crippen molar-refractivity contribution in [2.24, 2.45) is 0 Å². The molecule has 0 bridgehead atoms. The highest BCUT2D eigenvalue weighted by atomic mass is 16.4. The first-order chi connectivity index (χ1) is 21.8. The van der Waals surface area contributed by atoms with Crippen molar-refractivity contribution in [3.8, 4) is 22.6 Å². The Morgan fingerprint density at radius 2 is 0.911 bits per heavy atom. The van der Waals surface area contributed by atoms with Gasteiger partial charge in [0, 0.05) is 72.6 Å². The van der Waals surface area contributed by atoms with Crippen molar-refractivity contribution < 1.29 is 22.1 Å². The molecule has 5 aromatic heterocycles. The number of nitrogens with zero attached hydrogens (tertiary/aromatic N) is 2. The van der Waals surface area contributed by atoms with Crippen molar-refractivity contribution in [1.29, 1.82) is 0 Å². The van der Waals surface area contributed by atoms with Crippen molar-refractivity contribution in [3.63, 3.8) is 0 Å². The zero-order valence-electron chi connectivity index (χ0n) is 26.2. The first-order valence-corrected chi connectivity index (χ1v) is 15.4. The molecule has 5 heterocycles. The molecule has 0 aliphatic heterocycles. The number of benzene rings is 2. The van der Waals surface area contributed by atoms with Gasteiger partial charge >= 0.3 is 11.3 Å². The molecule has 0 radical (unpaired) electrons. The van der Waals surface area contributed by atoms with Gasteiger partial charge in [0.05, 0.1) is 0 Å². The normalized spacial score (nSPS) is 11.9. The number of hydrogen-bond donors (Lipinski definition) is 0. The fourth-order valence-corrected chi connectivity index (χ4v) is 6.41. The zero-order chi connectivity index (χ0) is 31.6.